The molecule has 0 saturated heterocycles. The van der Waals surface area contributed by atoms with Gasteiger partial charge in [0.1, 0.15) is 0 Å². The normalized spacial score (nSPS) is 14.2. The van der Waals surface area contributed by atoms with Crippen LogP contribution in [0.25, 0.3) is 0 Å². The summed E-state index contributed by atoms with van der Waals surface area (Å²) in [6.45, 7) is 3.86. The summed E-state index contributed by atoms with van der Waals surface area (Å²) in [5.41, 5.74) is 6.65. The van der Waals surface area contributed by atoms with Gasteiger partial charge in [-0.3, -0.25) is 9.78 Å². The summed E-state index contributed by atoms with van der Waals surface area (Å²) in [6, 6.07) is 3.89. The second-order valence-corrected chi connectivity index (χ2v) is 4.09. The average molecular weight is 221 g/mol. The van der Waals surface area contributed by atoms with E-state index in [4.69, 9.17) is 5.73 Å². The quantitative estimate of drug-likeness (QED) is 0.789. The highest BCUT2D eigenvalue weighted by Gasteiger charge is 2.09. The molecular weight excluding hydrogens is 202 g/mol. The van der Waals surface area contributed by atoms with Crippen LogP contribution >= 0.6 is 0 Å². The molecule has 0 aliphatic carbocycles. The first-order valence-corrected chi connectivity index (χ1v) is 5.54. The van der Waals surface area contributed by atoms with Crippen LogP contribution in [0.4, 0.5) is 0 Å². The van der Waals surface area contributed by atoms with Crippen molar-refractivity contribution in [1.29, 1.82) is 0 Å². The van der Waals surface area contributed by atoms with Crippen molar-refractivity contribution in [2.24, 2.45) is 5.73 Å². The van der Waals surface area contributed by atoms with Gasteiger partial charge in [-0.1, -0.05) is 0 Å². The lowest BCUT2D eigenvalue weighted by molar-refractivity contribution is -0.121. The van der Waals surface area contributed by atoms with E-state index >= 15 is 0 Å². The summed E-state index contributed by atoms with van der Waals surface area (Å²) in [6.07, 6.45) is 4.64. The van der Waals surface area contributed by atoms with E-state index in [-0.39, 0.29) is 18.0 Å². The van der Waals surface area contributed by atoms with Crippen LogP contribution in [0.1, 0.15) is 38.3 Å². The van der Waals surface area contributed by atoms with Crippen molar-refractivity contribution in [3.05, 3.63) is 30.1 Å². The lowest BCUT2D eigenvalue weighted by Gasteiger charge is -2.14. The summed E-state index contributed by atoms with van der Waals surface area (Å²) >= 11 is 0. The number of rotatable bonds is 5. The summed E-state index contributed by atoms with van der Waals surface area (Å²) < 4.78 is 0. The molecule has 0 aliphatic rings. The van der Waals surface area contributed by atoms with Gasteiger partial charge in [-0.05, 0) is 38.0 Å². The Bertz CT molecular complexity index is 324. The highest BCUT2D eigenvalue weighted by Crippen LogP contribution is 2.10. The lowest BCUT2D eigenvalue weighted by atomic mass is 10.1. The molecule has 1 unspecified atom stereocenters. The van der Waals surface area contributed by atoms with E-state index in [1.54, 1.807) is 12.4 Å². The molecule has 16 heavy (non-hydrogen) atoms. The van der Waals surface area contributed by atoms with E-state index in [1.807, 2.05) is 26.0 Å². The molecule has 4 heteroatoms. The van der Waals surface area contributed by atoms with Gasteiger partial charge in [-0.25, -0.2) is 0 Å². The SMILES string of the molecule is CC(N)CCC(=O)N[C@H](C)c1ccncc1. The topological polar surface area (TPSA) is 68.0 Å². The van der Waals surface area contributed by atoms with Crippen molar-refractivity contribution in [2.45, 2.75) is 38.8 Å². The van der Waals surface area contributed by atoms with Crippen molar-refractivity contribution >= 4 is 5.91 Å². The maximum absolute atomic E-state index is 11.5. The summed E-state index contributed by atoms with van der Waals surface area (Å²) in [5.74, 6) is 0.0432. The Morgan fingerprint density at radius 2 is 2.06 bits per heavy atom. The van der Waals surface area contributed by atoms with E-state index < -0.39 is 0 Å². The predicted molar refractivity (Wildman–Crippen MR) is 63.7 cm³/mol. The molecule has 1 heterocycles. The number of carbonyl (C=O) groups excluding carboxylic acids is 1. The molecule has 0 saturated carbocycles. The highest BCUT2D eigenvalue weighted by molar-refractivity contribution is 5.76. The summed E-state index contributed by atoms with van der Waals surface area (Å²) in [4.78, 5) is 15.5. The standard InChI is InChI=1S/C12H19N3O/c1-9(13)3-4-12(16)15-10(2)11-5-7-14-8-6-11/h5-10H,3-4,13H2,1-2H3,(H,15,16)/t9?,10-/m1/s1. The average Bonchev–Trinajstić information content (AvgIpc) is 2.27. The fraction of sp³-hybridized carbons (Fsp3) is 0.500. The number of hydrogen-bond donors (Lipinski definition) is 2. The zero-order valence-corrected chi connectivity index (χ0v) is 9.81. The van der Waals surface area contributed by atoms with Crippen LogP contribution in [0, 0.1) is 0 Å². The maximum atomic E-state index is 11.5. The Labute approximate surface area is 96.3 Å². The monoisotopic (exact) mass is 221 g/mol. The van der Waals surface area contributed by atoms with Gasteiger partial charge in [-0.15, -0.1) is 0 Å². The molecule has 1 rings (SSSR count). The van der Waals surface area contributed by atoms with E-state index in [2.05, 4.69) is 10.3 Å². The zero-order valence-electron chi connectivity index (χ0n) is 9.81. The molecule has 1 amide bonds. The highest BCUT2D eigenvalue weighted by atomic mass is 16.1. The Hall–Kier alpha value is -1.42. The molecule has 0 aliphatic heterocycles. The van der Waals surface area contributed by atoms with Crippen molar-refractivity contribution < 1.29 is 4.79 Å². The van der Waals surface area contributed by atoms with Crippen LogP contribution in [0.5, 0.6) is 0 Å². The minimum Gasteiger partial charge on any atom is -0.350 e. The molecule has 0 spiro atoms. The molecule has 1 aromatic heterocycles. The van der Waals surface area contributed by atoms with Crippen LogP contribution < -0.4 is 11.1 Å². The second-order valence-electron chi connectivity index (χ2n) is 4.09. The van der Waals surface area contributed by atoms with Crippen LogP contribution in [0.3, 0.4) is 0 Å². The minimum absolute atomic E-state index is 0.0172. The number of aromatic nitrogens is 1. The molecule has 1 aromatic rings. The molecule has 4 nitrogen and oxygen atoms in total. The number of amides is 1. The first-order valence-electron chi connectivity index (χ1n) is 5.54. The smallest absolute Gasteiger partial charge is 0.220 e. The van der Waals surface area contributed by atoms with Gasteiger partial charge in [0.15, 0.2) is 0 Å². The predicted octanol–water partition coefficient (Wildman–Crippen LogP) is 1.39. The van der Waals surface area contributed by atoms with Gasteiger partial charge in [0, 0.05) is 24.9 Å². The Morgan fingerprint density at radius 3 is 2.62 bits per heavy atom. The third-order valence-electron chi connectivity index (χ3n) is 2.41. The van der Waals surface area contributed by atoms with Gasteiger partial charge in [0.2, 0.25) is 5.91 Å². The van der Waals surface area contributed by atoms with E-state index in [9.17, 15) is 4.79 Å². The largest absolute Gasteiger partial charge is 0.350 e. The number of carbonyl (C=O) groups is 1. The van der Waals surface area contributed by atoms with Crippen LogP contribution in [0.15, 0.2) is 24.5 Å². The molecule has 0 bridgehead atoms. The Kier molecular flexibility index (Phi) is 4.92. The van der Waals surface area contributed by atoms with E-state index in [1.165, 1.54) is 0 Å². The minimum atomic E-state index is 0.0172. The van der Waals surface area contributed by atoms with Gasteiger partial charge in [0.25, 0.3) is 0 Å². The van der Waals surface area contributed by atoms with Crippen molar-refractivity contribution in [1.82, 2.24) is 10.3 Å². The van der Waals surface area contributed by atoms with Gasteiger partial charge in [0.05, 0.1) is 6.04 Å². The van der Waals surface area contributed by atoms with E-state index in [0.717, 1.165) is 12.0 Å². The molecule has 88 valence electrons. The summed E-state index contributed by atoms with van der Waals surface area (Å²) in [5, 5.41) is 2.93. The molecule has 0 radical (unpaired) electrons. The fourth-order valence-electron chi connectivity index (χ4n) is 1.41. The molecule has 2 atom stereocenters. The maximum Gasteiger partial charge on any atom is 0.220 e. The number of pyridine rings is 1. The Morgan fingerprint density at radius 1 is 1.44 bits per heavy atom. The first kappa shape index (κ1) is 12.6. The van der Waals surface area contributed by atoms with Gasteiger partial charge < -0.3 is 11.1 Å². The van der Waals surface area contributed by atoms with Crippen molar-refractivity contribution in [3.8, 4) is 0 Å². The number of nitrogens with zero attached hydrogens (tertiary/aromatic N) is 1. The third-order valence-corrected chi connectivity index (χ3v) is 2.41. The van der Waals surface area contributed by atoms with Crippen LogP contribution in [-0.4, -0.2) is 16.9 Å². The fourth-order valence-corrected chi connectivity index (χ4v) is 1.41. The first-order chi connectivity index (χ1) is 7.59. The molecule has 3 N–H and O–H groups in total. The number of nitrogens with one attached hydrogen (secondary N) is 1. The zero-order chi connectivity index (χ0) is 12.0. The lowest BCUT2D eigenvalue weighted by Crippen LogP contribution is -2.28. The van der Waals surface area contributed by atoms with Gasteiger partial charge >= 0.3 is 0 Å². The van der Waals surface area contributed by atoms with Crippen LogP contribution in [0.2, 0.25) is 0 Å². The van der Waals surface area contributed by atoms with Crippen molar-refractivity contribution in [2.75, 3.05) is 0 Å². The number of nitrogens with two attached hydrogens (primary N) is 1. The number of hydrogen-bond acceptors (Lipinski definition) is 3. The third kappa shape index (κ3) is 4.40. The van der Waals surface area contributed by atoms with E-state index in [0.29, 0.717) is 6.42 Å². The summed E-state index contributed by atoms with van der Waals surface area (Å²) in [7, 11) is 0. The molecule has 0 aromatic carbocycles. The molecule has 0 fully saturated rings. The molecular formula is C12H19N3O. The Balaban J connectivity index is 2.40. The van der Waals surface area contributed by atoms with Crippen molar-refractivity contribution in [3.63, 3.8) is 0 Å². The van der Waals surface area contributed by atoms with Crippen LogP contribution in [-0.2, 0) is 4.79 Å². The van der Waals surface area contributed by atoms with Gasteiger partial charge in [-0.2, -0.15) is 0 Å². The second kappa shape index (κ2) is 6.23.